The Kier molecular flexibility index (Phi) is 6.49. The van der Waals surface area contributed by atoms with Crippen LogP contribution in [0.25, 0.3) is 6.08 Å². The van der Waals surface area contributed by atoms with Crippen LogP contribution in [-0.2, 0) is 11.8 Å². The summed E-state index contributed by atoms with van der Waals surface area (Å²) in [4.78, 5) is 30.1. The summed E-state index contributed by atoms with van der Waals surface area (Å²) < 4.78 is 2.11. The Morgan fingerprint density at radius 1 is 1.24 bits per heavy atom. The van der Waals surface area contributed by atoms with Gasteiger partial charge in [-0.3, -0.25) is 19.1 Å². The molecule has 0 spiro atoms. The molecule has 3 rings (SSSR count). The molecular weight excluding hydrogens is 404 g/mol. The summed E-state index contributed by atoms with van der Waals surface area (Å²) in [7, 11) is 1.70. The lowest BCUT2D eigenvalue weighted by molar-refractivity contribution is -0.122. The summed E-state index contributed by atoms with van der Waals surface area (Å²) in [5, 5.41) is 9.55. The van der Waals surface area contributed by atoms with Crippen molar-refractivity contribution in [1.29, 1.82) is 5.26 Å². The fourth-order valence-electron chi connectivity index (χ4n) is 3.85. The van der Waals surface area contributed by atoms with Gasteiger partial charge in [-0.15, -0.1) is 0 Å². The van der Waals surface area contributed by atoms with E-state index in [1.165, 1.54) is 18.2 Å². The molecule has 2 saturated heterocycles. The summed E-state index contributed by atoms with van der Waals surface area (Å²) in [6.45, 7) is 8.17. The Bertz CT molecular complexity index is 982. The van der Waals surface area contributed by atoms with Gasteiger partial charge in [0, 0.05) is 32.2 Å². The Balaban J connectivity index is 2.16. The zero-order valence-electron chi connectivity index (χ0n) is 17.3. The van der Waals surface area contributed by atoms with E-state index >= 15 is 0 Å². The molecule has 1 aromatic rings. The van der Waals surface area contributed by atoms with Gasteiger partial charge in [-0.25, -0.2) is 0 Å². The highest BCUT2D eigenvalue weighted by Gasteiger charge is 2.33. The topological polar surface area (TPSA) is 69.3 Å². The molecule has 0 bridgehead atoms. The van der Waals surface area contributed by atoms with Crippen LogP contribution in [0.5, 0.6) is 0 Å². The molecule has 0 N–H and O–H groups in total. The Hall–Kier alpha value is -2.11. The summed E-state index contributed by atoms with van der Waals surface area (Å²) in [5.41, 5.74) is 1.20. The fraction of sp³-hybridized carbons (Fsp3) is 0.524. The van der Waals surface area contributed by atoms with E-state index < -0.39 is 0 Å². The molecule has 1 aromatic heterocycles. The highest BCUT2D eigenvalue weighted by Crippen LogP contribution is 2.36. The molecule has 29 heavy (non-hydrogen) atoms. The third kappa shape index (κ3) is 4.12. The molecule has 0 atom stereocenters. The SMILES string of the molecule is Cc1c(C=C2SC(=S)N(CC(C)C)C2=O)c(N2CCCCC2)n(C)c(=O)c1C#N. The quantitative estimate of drug-likeness (QED) is 0.539. The van der Waals surface area contributed by atoms with Crippen molar-refractivity contribution >= 4 is 46.1 Å². The van der Waals surface area contributed by atoms with E-state index in [4.69, 9.17) is 12.2 Å². The summed E-state index contributed by atoms with van der Waals surface area (Å²) >= 11 is 6.71. The second-order valence-corrected chi connectivity index (χ2v) is 9.62. The molecule has 2 aliphatic heterocycles. The van der Waals surface area contributed by atoms with E-state index in [0.29, 0.717) is 27.3 Å². The monoisotopic (exact) mass is 430 g/mol. The maximum Gasteiger partial charge on any atom is 0.270 e. The smallest absolute Gasteiger partial charge is 0.270 e. The maximum absolute atomic E-state index is 13.0. The molecule has 2 fully saturated rings. The Morgan fingerprint density at radius 2 is 1.90 bits per heavy atom. The predicted octanol–water partition coefficient (Wildman–Crippen LogP) is 3.41. The van der Waals surface area contributed by atoms with Gasteiger partial charge in [-0.05, 0) is 43.7 Å². The van der Waals surface area contributed by atoms with Crippen LogP contribution in [0.4, 0.5) is 5.82 Å². The first kappa shape index (κ1) is 21.6. The normalized spacial score (nSPS) is 18.8. The van der Waals surface area contributed by atoms with Crippen LogP contribution in [0.1, 0.15) is 49.8 Å². The van der Waals surface area contributed by atoms with Crippen molar-refractivity contribution in [1.82, 2.24) is 9.47 Å². The number of hydrogen-bond acceptors (Lipinski definition) is 6. The first-order valence-electron chi connectivity index (χ1n) is 9.90. The lowest BCUT2D eigenvalue weighted by Gasteiger charge is -2.32. The number of anilines is 1. The van der Waals surface area contributed by atoms with Gasteiger partial charge in [0.05, 0.1) is 4.91 Å². The van der Waals surface area contributed by atoms with E-state index in [9.17, 15) is 14.9 Å². The number of amides is 1. The number of nitriles is 1. The van der Waals surface area contributed by atoms with Crippen molar-refractivity contribution in [2.75, 3.05) is 24.5 Å². The van der Waals surface area contributed by atoms with E-state index in [1.807, 2.05) is 26.0 Å². The Labute approximate surface area is 181 Å². The van der Waals surface area contributed by atoms with Crippen LogP contribution >= 0.6 is 24.0 Å². The number of piperidine rings is 1. The largest absolute Gasteiger partial charge is 0.357 e. The van der Waals surface area contributed by atoms with Crippen LogP contribution in [0.2, 0.25) is 0 Å². The van der Waals surface area contributed by atoms with Crippen molar-refractivity contribution in [3.05, 3.63) is 31.9 Å². The van der Waals surface area contributed by atoms with E-state index in [0.717, 1.165) is 37.3 Å². The van der Waals surface area contributed by atoms with Gasteiger partial charge in [-0.1, -0.05) is 37.8 Å². The van der Waals surface area contributed by atoms with Crippen LogP contribution in [-0.4, -0.2) is 39.3 Å². The molecule has 0 aliphatic carbocycles. The van der Waals surface area contributed by atoms with Gasteiger partial charge < -0.3 is 4.90 Å². The number of rotatable bonds is 4. The lowest BCUT2D eigenvalue weighted by atomic mass is 10.0. The first-order chi connectivity index (χ1) is 13.8. The molecular formula is C21H26N4O2S2. The number of nitrogens with zero attached hydrogens (tertiary/aromatic N) is 4. The molecule has 0 unspecified atom stereocenters. The van der Waals surface area contributed by atoms with Crippen LogP contribution < -0.4 is 10.5 Å². The van der Waals surface area contributed by atoms with Gasteiger partial charge in [0.2, 0.25) is 0 Å². The molecule has 3 heterocycles. The number of aromatic nitrogens is 1. The van der Waals surface area contributed by atoms with Crippen LogP contribution in [0.3, 0.4) is 0 Å². The molecule has 6 nitrogen and oxygen atoms in total. The minimum atomic E-state index is -0.296. The van der Waals surface area contributed by atoms with E-state index in [1.54, 1.807) is 23.4 Å². The average Bonchev–Trinajstić information content (AvgIpc) is 2.94. The standard InChI is InChI=1S/C21H26N4O2S2/c1-13(2)12-25-20(27)17(29-21(25)28)10-15-14(3)16(11-22)19(26)23(4)18(15)24-8-6-5-7-9-24/h10,13H,5-9,12H2,1-4H3. The van der Waals surface area contributed by atoms with Gasteiger partial charge in [-0.2, -0.15) is 5.26 Å². The van der Waals surface area contributed by atoms with Crippen molar-refractivity contribution in [3.8, 4) is 6.07 Å². The van der Waals surface area contributed by atoms with Crippen molar-refractivity contribution in [2.45, 2.75) is 40.0 Å². The number of pyridine rings is 1. The first-order valence-corrected chi connectivity index (χ1v) is 11.1. The summed E-state index contributed by atoms with van der Waals surface area (Å²) in [5.74, 6) is 0.982. The van der Waals surface area contributed by atoms with Gasteiger partial charge >= 0.3 is 0 Å². The molecule has 1 amide bonds. The van der Waals surface area contributed by atoms with Gasteiger partial charge in [0.1, 0.15) is 21.8 Å². The van der Waals surface area contributed by atoms with E-state index in [-0.39, 0.29) is 17.0 Å². The van der Waals surface area contributed by atoms with Crippen LogP contribution in [0.15, 0.2) is 9.70 Å². The predicted molar refractivity (Wildman–Crippen MR) is 122 cm³/mol. The molecule has 2 aliphatic rings. The van der Waals surface area contributed by atoms with E-state index in [2.05, 4.69) is 4.90 Å². The van der Waals surface area contributed by atoms with Gasteiger partial charge in [0.15, 0.2) is 0 Å². The Morgan fingerprint density at radius 3 is 2.48 bits per heavy atom. The zero-order valence-corrected chi connectivity index (χ0v) is 19.0. The summed E-state index contributed by atoms with van der Waals surface area (Å²) in [6.07, 6.45) is 5.11. The molecule has 8 heteroatoms. The van der Waals surface area contributed by atoms with Crippen molar-refractivity contribution in [3.63, 3.8) is 0 Å². The second kappa shape index (κ2) is 8.72. The minimum Gasteiger partial charge on any atom is -0.357 e. The maximum atomic E-state index is 13.0. The lowest BCUT2D eigenvalue weighted by Crippen LogP contribution is -2.36. The zero-order chi connectivity index (χ0) is 21.3. The van der Waals surface area contributed by atoms with Crippen LogP contribution in [0, 0.1) is 24.2 Å². The number of hydrogen-bond donors (Lipinski definition) is 0. The fourth-order valence-corrected chi connectivity index (χ4v) is 5.11. The van der Waals surface area contributed by atoms with Gasteiger partial charge in [0.25, 0.3) is 11.5 Å². The van der Waals surface area contributed by atoms with Crippen molar-refractivity contribution < 1.29 is 4.79 Å². The third-order valence-corrected chi connectivity index (χ3v) is 6.70. The molecule has 0 radical (unpaired) electrons. The second-order valence-electron chi connectivity index (χ2n) is 7.95. The molecule has 0 saturated carbocycles. The number of carbonyl (C=O) groups excluding carboxylic acids is 1. The van der Waals surface area contributed by atoms with Crippen molar-refractivity contribution in [2.24, 2.45) is 13.0 Å². The number of thiocarbonyl (C=S) groups is 1. The highest BCUT2D eigenvalue weighted by atomic mass is 32.2. The number of carbonyl (C=O) groups is 1. The third-order valence-electron chi connectivity index (χ3n) is 5.32. The molecule has 0 aromatic carbocycles. The average molecular weight is 431 g/mol. The molecule has 154 valence electrons. The highest BCUT2D eigenvalue weighted by molar-refractivity contribution is 8.26. The number of thioether (sulfide) groups is 1. The minimum absolute atomic E-state index is 0.106. The summed E-state index contributed by atoms with van der Waals surface area (Å²) in [6, 6.07) is 2.05.